The van der Waals surface area contributed by atoms with Gasteiger partial charge < -0.3 is 5.32 Å². The molecule has 0 saturated carbocycles. The van der Waals surface area contributed by atoms with Gasteiger partial charge in [-0.05, 0) is 73.5 Å². The molecule has 4 rings (SSSR count). The first kappa shape index (κ1) is 22.9. The van der Waals surface area contributed by atoms with E-state index in [4.69, 9.17) is 0 Å². The maximum Gasteiger partial charge on any atom is 0.224 e. The van der Waals surface area contributed by atoms with Crippen molar-refractivity contribution in [1.82, 2.24) is 15.1 Å². The summed E-state index contributed by atoms with van der Waals surface area (Å²) in [4.78, 5) is 17.7. The summed E-state index contributed by atoms with van der Waals surface area (Å²) in [6.07, 6.45) is 4.57. The number of amides is 1. The van der Waals surface area contributed by atoms with Crippen molar-refractivity contribution in [3.63, 3.8) is 0 Å². The summed E-state index contributed by atoms with van der Waals surface area (Å²) in [5, 5.41) is 3.17. The van der Waals surface area contributed by atoms with Crippen LogP contribution in [0.25, 0.3) is 0 Å². The Kier molecular flexibility index (Phi) is 7.93. The minimum Gasteiger partial charge on any atom is -0.352 e. The number of hydrogen-bond donors (Lipinski definition) is 1. The minimum atomic E-state index is -0.209. The number of carbonyl (C=O) groups is 1. The Labute approximate surface area is 191 Å². The van der Waals surface area contributed by atoms with Crippen molar-refractivity contribution in [2.75, 3.05) is 26.2 Å². The van der Waals surface area contributed by atoms with Gasteiger partial charge >= 0.3 is 0 Å². The molecule has 2 heterocycles. The average Bonchev–Trinajstić information content (AvgIpc) is 2.79. The number of nitrogens with one attached hydrogen (secondary N) is 1. The highest BCUT2D eigenvalue weighted by molar-refractivity contribution is 5.79. The van der Waals surface area contributed by atoms with Crippen molar-refractivity contribution in [1.29, 1.82) is 0 Å². The second-order valence-electron chi connectivity index (χ2n) is 9.72. The second-order valence-corrected chi connectivity index (χ2v) is 9.72. The lowest BCUT2D eigenvalue weighted by Gasteiger charge is -2.32. The lowest BCUT2D eigenvalue weighted by molar-refractivity contribution is -0.126. The fourth-order valence-electron chi connectivity index (χ4n) is 5.12. The molecule has 0 radical (unpaired) electrons. The Morgan fingerprint density at radius 2 is 1.62 bits per heavy atom. The summed E-state index contributed by atoms with van der Waals surface area (Å²) in [6.45, 7) is 8.78. The summed E-state index contributed by atoms with van der Waals surface area (Å²) in [5.74, 6) is 0.731. The van der Waals surface area contributed by atoms with Crippen LogP contribution in [0.3, 0.4) is 0 Å². The summed E-state index contributed by atoms with van der Waals surface area (Å²) in [5.41, 5.74) is 3.58. The van der Waals surface area contributed by atoms with Crippen LogP contribution in [0.1, 0.15) is 49.3 Å². The van der Waals surface area contributed by atoms with Gasteiger partial charge in [-0.25, -0.2) is 4.39 Å². The van der Waals surface area contributed by atoms with Crippen LogP contribution in [-0.4, -0.2) is 41.9 Å². The molecular formula is C27H36FN3O. The molecule has 0 bridgehead atoms. The van der Waals surface area contributed by atoms with Crippen LogP contribution < -0.4 is 5.32 Å². The molecule has 2 aromatic rings. The number of rotatable bonds is 7. The van der Waals surface area contributed by atoms with Gasteiger partial charge in [0.25, 0.3) is 0 Å². The third kappa shape index (κ3) is 6.63. The Morgan fingerprint density at radius 3 is 2.41 bits per heavy atom. The number of halogens is 1. The summed E-state index contributed by atoms with van der Waals surface area (Å²) in [6, 6.07) is 15.3. The molecule has 4 nitrogen and oxygen atoms in total. The van der Waals surface area contributed by atoms with Gasteiger partial charge in [-0.3, -0.25) is 14.6 Å². The van der Waals surface area contributed by atoms with E-state index in [0.29, 0.717) is 6.54 Å². The molecular weight excluding hydrogens is 401 g/mol. The number of piperidine rings is 2. The fourth-order valence-corrected chi connectivity index (χ4v) is 5.12. The van der Waals surface area contributed by atoms with E-state index in [2.05, 4.69) is 46.3 Å². The molecule has 172 valence electrons. The van der Waals surface area contributed by atoms with Crippen molar-refractivity contribution >= 4 is 5.91 Å². The third-order valence-corrected chi connectivity index (χ3v) is 6.80. The normalized spacial score (nSPS) is 22.6. The van der Waals surface area contributed by atoms with E-state index in [9.17, 15) is 9.18 Å². The smallest absolute Gasteiger partial charge is 0.224 e. The average molecular weight is 438 g/mol. The van der Waals surface area contributed by atoms with Crippen LogP contribution in [0.5, 0.6) is 0 Å². The Balaban J connectivity index is 1.26. The van der Waals surface area contributed by atoms with Crippen LogP contribution >= 0.6 is 0 Å². The van der Waals surface area contributed by atoms with E-state index in [1.165, 1.54) is 49.2 Å². The molecule has 0 spiro atoms. The predicted octanol–water partition coefficient (Wildman–Crippen LogP) is 4.59. The molecule has 2 saturated heterocycles. The van der Waals surface area contributed by atoms with Crippen molar-refractivity contribution < 1.29 is 9.18 Å². The second kappa shape index (κ2) is 11.1. The molecule has 0 aliphatic carbocycles. The van der Waals surface area contributed by atoms with E-state index in [0.717, 1.165) is 50.5 Å². The Hall–Kier alpha value is -2.24. The Morgan fingerprint density at radius 1 is 0.938 bits per heavy atom. The van der Waals surface area contributed by atoms with Crippen molar-refractivity contribution in [2.45, 2.75) is 52.2 Å². The van der Waals surface area contributed by atoms with Gasteiger partial charge in [-0.2, -0.15) is 0 Å². The van der Waals surface area contributed by atoms with Gasteiger partial charge in [-0.1, -0.05) is 43.3 Å². The topological polar surface area (TPSA) is 35.6 Å². The van der Waals surface area contributed by atoms with Crippen LogP contribution in [-0.2, 0) is 24.4 Å². The van der Waals surface area contributed by atoms with Crippen LogP contribution in [0.15, 0.2) is 48.5 Å². The van der Waals surface area contributed by atoms with E-state index in [1.807, 2.05) is 12.1 Å². The number of carbonyl (C=O) groups excluding carboxylic acids is 1. The minimum absolute atomic E-state index is 0.0159. The number of nitrogens with zero attached hydrogens (tertiary/aromatic N) is 2. The molecule has 1 N–H and O–H groups in total. The number of benzene rings is 2. The molecule has 2 aromatic carbocycles. The fraction of sp³-hybridized carbons (Fsp3) is 0.519. The lowest BCUT2D eigenvalue weighted by Crippen LogP contribution is -2.42. The predicted molar refractivity (Wildman–Crippen MR) is 126 cm³/mol. The molecule has 0 aromatic heterocycles. The third-order valence-electron chi connectivity index (χ3n) is 6.80. The van der Waals surface area contributed by atoms with E-state index in [1.54, 1.807) is 0 Å². The molecule has 2 aliphatic heterocycles. The zero-order valence-corrected chi connectivity index (χ0v) is 19.2. The number of likely N-dealkylation sites (tertiary alicyclic amines) is 2. The van der Waals surface area contributed by atoms with Gasteiger partial charge in [0.1, 0.15) is 5.82 Å². The molecule has 32 heavy (non-hydrogen) atoms. The Bertz CT molecular complexity index is 885. The van der Waals surface area contributed by atoms with Gasteiger partial charge in [-0.15, -0.1) is 0 Å². The quantitative estimate of drug-likeness (QED) is 0.688. The first-order valence-corrected chi connectivity index (χ1v) is 12.1. The number of hydrogen-bond acceptors (Lipinski definition) is 3. The molecule has 5 heteroatoms. The first-order valence-electron chi connectivity index (χ1n) is 12.1. The van der Waals surface area contributed by atoms with Crippen molar-refractivity contribution in [3.8, 4) is 0 Å². The maximum atomic E-state index is 13.1. The summed E-state index contributed by atoms with van der Waals surface area (Å²) in [7, 11) is 0. The van der Waals surface area contributed by atoms with E-state index < -0.39 is 0 Å². The van der Waals surface area contributed by atoms with E-state index >= 15 is 0 Å². The largest absolute Gasteiger partial charge is 0.352 e. The highest BCUT2D eigenvalue weighted by Crippen LogP contribution is 2.20. The highest BCUT2D eigenvalue weighted by atomic mass is 19.1. The molecule has 1 amide bonds. The van der Waals surface area contributed by atoms with E-state index in [-0.39, 0.29) is 17.6 Å². The first-order chi connectivity index (χ1) is 15.5. The monoisotopic (exact) mass is 437 g/mol. The molecule has 2 aliphatic rings. The standard InChI is InChI=1S/C27H36FN3O/c1-21-5-3-13-30(17-21)19-24-7-2-6-23(15-24)16-29-27(32)25-8-4-14-31(20-25)18-22-9-11-26(28)12-10-22/h2,6-7,9-12,15,21,25H,3-5,8,13-14,16-20H2,1H3,(H,29,32). The lowest BCUT2D eigenvalue weighted by atomic mass is 9.96. The van der Waals surface area contributed by atoms with Crippen LogP contribution in [0, 0.1) is 17.7 Å². The zero-order chi connectivity index (χ0) is 22.3. The highest BCUT2D eigenvalue weighted by Gasteiger charge is 2.25. The maximum absolute atomic E-state index is 13.1. The molecule has 2 fully saturated rings. The molecule has 2 unspecified atom stereocenters. The zero-order valence-electron chi connectivity index (χ0n) is 19.2. The van der Waals surface area contributed by atoms with Crippen LogP contribution in [0.2, 0.25) is 0 Å². The van der Waals surface area contributed by atoms with Gasteiger partial charge in [0, 0.05) is 32.7 Å². The van der Waals surface area contributed by atoms with Gasteiger partial charge in [0.2, 0.25) is 5.91 Å². The van der Waals surface area contributed by atoms with Gasteiger partial charge in [0.15, 0.2) is 0 Å². The summed E-state index contributed by atoms with van der Waals surface area (Å²) >= 11 is 0. The van der Waals surface area contributed by atoms with Gasteiger partial charge in [0.05, 0.1) is 5.92 Å². The summed E-state index contributed by atoms with van der Waals surface area (Å²) < 4.78 is 13.1. The SMILES string of the molecule is CC1CCCN(Cc2cccc(CNC(=O)C3CCCN(Cc4ccc(F)cc4)C3)c2)C1. The van der Waals surface area contributed by atoms with Crippen molar-refractivity contribution in [2.24, 2.45) is 11.8 Å². The van der Waals surface area contributed by atoms with Crippen LogP contribution in [0.4, 0.5) is 4.39 Å². The van der Waals surface area contributed by atoms with Crippen molar-refractivity contribution in [3.05, 3.63) is 71.0 Å². The molecule has 2 atom stereocenters.